The van der Waals surface area contributed by atoms with Crippen LogP contribution in [0.3, 0.4) is 0 Å². The molecule has 2 aromatic rings. The number of hydrogen-bond acceptors (Lipinski definition) is 4. The molecule has 0 aliphatic carbocycles. The van der Waals surface area contributed by atoms with Crippen molar-refractivity contribution in [2.45, 2.75) is 4.90 Å². The molecule has 0 unspecified atom stereocenters. The van der Waals surface area contributed by atoms with E-state index in [9.17, 15) is 5.26 Å². The van der Waals surface area contributed by atoms with Gasteiger partial charge in [0.15, 0.2) is 5.75 Å². The highest BCUT2D eigenvalue weighted by atomic mass is 79.9. The SMILES string of the molecule is CSc1cccc(Oc2c(N)cccc2Br)c1C#N. The van der Waals surface area contributed by atoms with Crippen molar-refractivity contribution in [3.05, 3.63) is 46.4 Å². The lowest BCUT2D eigenvalue weighted by molar-refractivity contribution is 0.479. The molecular weight excluding hydrogens is 324 g/mol. The Hall–Kier alpha value is -1.64. The molecule has 3 nitrogen and oxygen atoms in total. The molecule has 0 radical (unpaired) electrons. The van der Waals surface area contributed by atoms with E-state index in [-0.39, 0.29) is 0 Å². The molecule has 0 bridgehead atoms. The lowest BCUT2D eigenvalue weighted by Gasteiger charge is -2.12. The van der Waals surface area contributed by atoms with Crippen LogP contribution in [0.15, 0.2) is 45.8 Å². The van der Waals surface area contributed by atoms with Crippen molar-refractivity contribution in [1.82, 2.24) is 0 Å². The summed E-state index contributed by atoms with van der Waals surface area (Å²) in [6.45, 7) is 0. The Kier molecular flexibility index (Phi) is 4.35. The van der Waals surface area contributed by atoms with Crippen LogP contribution in [0.1, 0.15) is 5.56 Å². The number of para-hydroxylation sites is 1. The number of anilines is 1. The van der Waals surface area contributed by atoms with Crippen molar-refractivity contribution in [1.29, 1.82) is 5.26 Å². The summed E-state index contributed by atoms with van der Waals surface area (Å²) in [5, 5.41) is 9.26. The van der Waals surface area contributed by atoms with Crippen molar-refractivity contribution in [2.75, 3.05) is 12.0 Å². The topological polar surface area (TPSA) is 59.0 Å². The molecule has 0 aliphatic heterocycles. The van der Waals surface area contributed by atoms with Gasteiger partial charge in [0.2, 0.25) is 0 Å². The van der Waals surface area contributed by atoms with Gasteiger partial charge in [-0.05, 0) is 46.5 Å². The smallest absolute Gasteiger partial charge is 0.164 e. The van der Waals surface area contributed by atoms with Gasteiger partial charge in [-0.15, -0.1) is 11.8 Å². The Labute approximate surface area is 124 Å². The molecule has 19 heavy (non-hydrogen) atoms. The summed E-state index contributed by atoms with van der Waals surface area (Å²) in [5.41, 5.74) is 6.93. The zero-order valence-corrected chi connectivity index (χ0v) is 12.6. The monoisotopic (exact) mass is 334 g/mol. The van der Waals surface area contributed by atoms with Gasteiger partial charge < -0.3 is 10.5 Å². The van der Waals surface area contributed by atoms with Gasteiger partial charge in [0.25, 0.3) is 0 Å². The lowest BCUT2D eigenvalue weighted by atomic mass is 10.2. The number of nitrogens with two attached hydrogens (primary N) is 1. The van der Waals surface area contributed by atoms with E-state index in [4.69, 9.17) is 10.5 Å². The van der Waals surface area contributed by atoms with E-state index in [1.54, 1.807) is 12.1 Å². The molecule has 0 spiro atoms. The molecule has 0 aliphatic rings. The predicted molar refractivity (Wildman–Crippen MR) is 81.6 cm³/mol. The van der Waals surface area contributed by atoms with E-state index in [0.29, 0.717) is 22.7 Å². The first-order valence-electron chi connectivity index (χ1n) is 5.46. The molecule has 0 aromatic heterocycles. The summed E-state index contributed by atoms with van der Waals surface area (Å²) in [6.07, 6.45) is 1.92. The Morgan fingerprint density at radius 1 is 1.26 bits per heavy atom. The quantitative estimate of drug-likeness (QED) is 0.666. The largest absolute Gasteiger partial charge is 0.453 e. The summed E-state index contributed by atoms with van der Waals surface area (Å²) in [6, 6.07) is 13.1. The van der Waals surface area contributed by atoms with E-state index >= 15 is 0 Å². The van der Waals surface area contributed by atoms with E-state index in [1.165, 1.54) is 11.8 Å². The van der Waals surface area contributed by atoms with Gasteiger partial charge in [-0.3, -0.25) is 0 Å². The maximum absolute atomic E-state index is 9.26. The van der Waals surface area contributed by atoms with Gasteiger partial charge in [0.05, 0.1) is 10.2 Å². The number of hydrogen-bond donors (Lipinski definition) is 1. The lowest BCUT2D eigenvalue weighted by Crippen LogP contribution is -1.95. The van der Waals surface area contributed by atoms with Gasteiger partial charge >= 0.3 is 0 Å². The van der Waals surface area contributed by atoms with Gasteiger partial charge in [-0.1, -0.05) is 12.1 Å². The first-order chi connectivity index (χ1) is 9.17. The van der Waals surface area contributed by atoms with Crippen LogP contribution in [0.2, 0.25) is 0 Å². The Bertz CT molecular complexity index is 632. The fourth-order valence-corrected chi connectivity index (χ4v) is 2.65. The highest BCUT2D eigenvalue weighted by molar-refractivity contribution is 9.10. The van der Waals surface area contributed by atoms with Crippen molar-refractivity contribution < 1.29 is 4.74 Å². The fraction of sp³-hybridized carbons (Fsp3) is 0.0714. The second kappa shape index (κ2) is 6.00. The first kappa shape index (κ1) is 13.8. The Morgan fingerprint density at radius 2 is 2.00 bits per heavy atom. The summed E-state index contributed by atoms with van der Waals surface area (Å²) < 4.78 is 6.55. The maximum Gasteiger partial charge on any atom is 0.164 e. The molecule has 0 heterocycles. The van der Waals surface area contributed by atoms with Gasteiger partial charge in [0, 0.05) is 4.90 Å². The maximum atomic E-state index is 9.26. The summed E-state index contributed by atoms with van der Waals surface area (Å²) in [7, 11) is 0. The fourth-order valence-electron chi connectivity index (χ4n) is 1.62. The van der Waals surface area contributed by atoms with Crippen LogP contribution >= 0.6 is 27.7 Å². The van der Waals surface area contributed by atoms with Gasteiger partial charge in [0.1, 0.15) is 17.4 Å². The third-order valence-electron chi connectivity index (χ3n) is 2.53. The number of ether oxygens (including phenoxy) is 1. The van der Waals surface area contributed by atoms with E-state index in [0.717, 1.165) is 9.37 Å². The minimum Gasteiger partial charge on any atom is -0.453 e. The molecule has 2 rings (SSSR count). The minimum absolute atomic E-state index is 0.507. The van der Waals surface area contributed by atoms with E-state index in [2.05, 4.69) is 22.0 Å². The Balaban J connectivity index is 2.48. The summed E-state index contributed by atoms with van der Waals surface area (Å²) in [5.74, 6) is 1.03. The molecule has 2 aromatic carbocycles. The van der Waals surface area contributed by atoms with Crippen LogP contribution in [0.25, 0.3) is 0 Å². The number of benzene rings is 2. The molecular formula is C14H11BrN2OS. The zero-order valence-electron chi connectivity index (χ0n) is 10.2. The summed E-state index contributed by atoms with van der Waals surface area (Å²) >= 11 is 4.90. The molecule has 2 N–H and O–H groups in total. The van der Waals surface area contributed by atoms with Crippen LogP contribution in [0, 0.1) is 11.3 Å². The second-order valence-electron chi connectivity index (χ2n) is 3.71. The number of rotatable bonds is 3. The highest BCUT2D eigenvalue weighted by Crippen LogP contribution is 2.37. The average Bonchev–Trinajstić information content (AvgIpc) is 2.42. The molecule has 5 heteroatoms. The molecule has 0 fully saturated rings. The second-order valence-corrected chi connectivity index (χ2v) is 5.41. The first-order valence-corrected chi connectivity index (χ1v) is 7.48. The molecule has 0 atom stereocenters. The van der Waals surface area contributed by atoms with Crippen LogP contribution in [0.4, 0.5) is 5.69 Å². The van der Waals surface area contributed by atoms with Crippen molar-refractivity contribution in [2.24, 2.45) is 0 Å². The summed E-state index contributed by atoms with van der Waals surface area (Å²) in [4.78, 5) is 0.880. The standard InChI is InChI=1S/C14H11BrN2OS/c1-19-13-7-3-6-12(9(13)8-16)18-14-10(15)4-2-5-11(14)17/h2-7H,17H2,1H3. The highest BCUT2D eigenvalue weighted by Gasteiger charge is 2.12. The van der Waals surface area contributed by atoms with Gasteiger partial charge in [-0.25, -0.2) is 0 Å². The number of thioether (sulfide) groups is 1. The minimum atomic E-state index is 0.507. The van der Waals surface area contributed by atoms with Crippen LogP contribution in [0.5, 0.6) is 11.5 Å². The van der Waals surface area contributed by atoms with Crippen LogP contribution in [-0.4, -0.2) is 6.26 Å². The molecule has 0 saturated carbocycles. The van der Waals surface area contributed by atoms with Crippen molar-refractivity contribution in [3.8, 4) is 17.6 Å². The van der Waals surface area contributed by atoms with E-state index in [1.807, 2.05) is 30.5 Å². The van der Waals surface area contributed by atoms with E-state index < -0.39 is 0 Å². The number of nitrogen functional groups attached to an aromatic ring is 1. The number of nitriles is 1. The van der Waals surface area contributed by atoms with Gasteiger partial charge in [-0.2, -0.15) is 5.26 Å². The average molecular weight is 335 g/mol. The van der Waals surface area contributed by atoms with Crippen LogP contribution < -0.4 is 10.5 Å². The third kappa shape index (κ3) is 2.86. The van der Waals surface area contributed by atoms with Crippen LogP contribution in [-0.2, 0) is 0 Å². The normalized spacial score (nSPS) is 9.95. The number of halogens is 1. The van der Waals surface area contributed by atoms with Crippen molar-refractivity contribution in [3.63, 3.8) is 0 Å². The molecule has 96 valence electrons. The van der Waals surface area contributed by atoms with Crippen molar-refractivity contribution >= 4 is 33.4 Å². The third-order valence-corrected chi connectivity index (χ3v) is 3.93. The number of nitrogens with zero attached hydrogens (tertiary/aromatic N) is 1. The molecule has 0 saturated heterocycles. The predicted octanol–water partition coefficient (Wildman–Crippen LogP) is 4.42. The zero-order chi connectivity index (χ0) is 13.8. The molecule has 0 amide bonds. The Morgan fingerprint density at radius 3 is 2.63 bits per heavy atom.